The Bertz CT molecular complexity index is 914. The minimum absolute atomic E-state index is 0.0164. The number of hydrogen-bond donors (Lipinski definition) is 3. The molecule has 5 nitrogen and oxygen atoms in total. The summed E-state index contributed by atoms with van der Waals surface area (Å²) in [6.45, 7) is 0.693. The summed E-state index contributed by atoms with van der Waals surface area (Å²) in [7, 11) is 0. The number of rotatable bonds is 2. The Morgan fingerprint density at radius 3 is 2.75 bits per heavy atom. The van der Waals surface area contributed by atoms with Crippen molar-refractivity contribution in [1.82, 2.24) is 16.0 Å². The van der Waals surface area contributed by atoms with Crippen LogP contribution in [0.25, 0.3) is 16.5 Å². The normalized spacial score (nSPS) is 18.2. The average Bonchev–Trinajstić information content (AvgIpc) is 3.15. The van der Waals surface area contributed by atoms with E-state index in [0.717, 1.165) is 32.9 Å². The topological polar surface area (TPSA) is 70.2 Å². The third-order valence-electron chi connectivity index (χ3n) is 3.95. The molecular formula is C17H13N3O2S2. The molecule has 0 aliphatic carbocycles. The second-order valence-corrected chi connectivity index (χ2v) is 7.07. The molecule has 0 spiro atoms. The fraction of sp³-hybridized carbons (Fsp3) is 0.118. The zero-order valence-corrected chi connectivity index (χ0v) is 14.1. The second kappa shape index (κ2) is 5.85. The summed E-state index contributed by atoms with van der Waals surface area (Å²) in [5, 5.41) is 8.56. The number of nitrogens with one attached hydrogen (secondary N) is 3. The van der Waals surface area contributed by atoms with Crippen molar-refractivity contribution in [2.24, 2.45) is 0 Å². The van der Waals surface area contributed by atoms with Gasteiger partial charge in [0.1, 0.15) is 5.70 Å². The average molecular weight is 355 g/mol. The Morgan fingerprint density at radius 1 is 1.08 bits per heavy atom. The first-order valence-corrected chi connectivity index (χ1v) is 8.68. The van der Waals surface area contributed by atoms with Crippen LogP contribution in [0.5, 0.6) is 0 Å². The van der Waals surface area contributed by atoms with Crippen molar-refractivity contribution < 1.29 is 9.59 Å². The van der Waals surface area contributed by atoms with Gasteiger partial charge in [-0.25, -0.2) is 0 Å². The predicted molar refractivity (Wildman–Crippen MR) is 97.6 cm³/mol. The molecule has 7 heteroatoms. The van der Waals surface area contributed by atoms with Crippen LogP contribution in [0.3, 0.4) is 0 Å². The number of fused-ring (bicyclic) bond motifs is 1. The van der Waals surface area contributed by atoms with Gasteiger partial charge in [-0.2, -0.15) is 0 Å². The maximum atomic E-state index is 12.0. The molecule has 4 rings (SSSR count). The molecule has 2 amide bonds. The molecule has 24 heavy (non-hydrogen) atoms. The van der Waals surface area contributed by atoms with Crippen molar-refractivity contribution in [3.8, 4) is 10.4 Å². The molecular weight excluding hydrogens is 342 g/mol. The molecule has 0 unspecified atom stereocenters. The minimum Gasteiger partial charge on any atom is -0.352 e. The maximum Gasteiger partial charge on any atom is 0.273 e. The molecule has 1 aromatic carbocycles. The molecule has 1 aromatic heterocycles. The van der Waals surface area contributed by atoms with Gasteiger partial charge in [0.25, 0.3) is 11.8 Å². The van der Waals surface area contributed by atoms with Gasteiger partial charge in [0.05, 0.1) is 0 Å². The number of amides is 2. The third-order valence-corrected chi connectivity index (χ3v) is 5.24. The maximum absolute atomic E-state index is 12.0. The van der Waals surface area contributed by atoms with E-state index in [-0.39, 0.29) is 11.8 Å². The van der Waals surface area contributed by atoms with Crippen molar-refractivity contribution in [1.29, 1.82) is 0 Å². The smallest absolute Gasteiger partial charge is 0.273 e. The first kappa shape index (κ1) is 15.0. The summed E-state index contributed by atoms with van der Waals surface area (Å²) < 4.78 is 0. The van der Waals surface area contributed by atoms with Gasteiger partial charge in [-0.15, -0.1) is 11.3 Å². The molecule has 0 radical (unpaired) electrons. The van der Waals surface area contributed by atoms with Crippen molar-refractivity contribution in [2.75, 3.05) is 6.54 Å². The highest BCUT2D eigenvalue weighted by Gasteiger charge is 2.20. The highest BCUT2D eigenvalue weighted by atomic mass is 32.1. The van der Waals surface area contributed by atoms with E-state index in [1.54, 1.807) is 17.4 Å². The molecule has 3 N–H and O–H groups in total. The predicted octanol–water partition coefficient (Wildman–Crippen LogP) is 2.05. The molecule has 1 fully saturated rings. The summed E-state index contributed by atoms with van der Waals surface area (Å²) in [6, 6.07) is 9.93. The van der Waals surface area contributed by atoms with Gasteiger partial charge in [0, 0.05) is 21.9 Å². The van der Waals surface area contributed by atoms with Crippen molar-refractivity contribution >= 4 is 46.6 Å². The van der Waals surface area contributed by atoms with Gasteiger partial charge in [-0.05, 0) is 54.0 Å². The lowest BCUT2D eigenvalue weighted by Gasteiger charge is -2.16. The van der Waals surface area contributed by atoms with Crippen LogP contribution < -0.4 is 16.0 Å². The standard InChI is InChI=1S/C17H13N3O2S2/c21-15-12-7-10(2-1-9(12)5-6-18-15)14-4-3-11(24-14)8-13-16(22)20-17(23)19-13/h1-4,7-8H,5-6H2,(H,18,21)(H2,19,20,22,23)/b13-8-. The van der Waals surface area contributed by atoms with E-state index >= 15 is 0 Å². The molecule has 0 atom stereocenters. The summed E-state index contributed by atoms with van der Waals surface area (Å²) in [5.74, 6) is -0.238. The van der Waals surface area contributed by atoms with Gasteiger partial charge in [-0.3, -0.25) is 14.9 Å². The quantitative estimate of drug-likeness (QED) is 0.570. The number of carbonyl (C=O) groups excluding carboxylic acids is 2. The number of thiophene rings is 1. The highest BCUT2D eigenvalue weighted by molar-refractivity contribution is 7.80. The second-order valence-electron chi connectivity index (χ2n) is 5.55. The highest BCUT2D eigenvalue weighted by Crippen LogP contribution is 2.31. The molecule has 2 aliphatic rings. The van der Waals surface area contributed by atoms with E-state index < -0.39 is 0 Å². The number of hydrogen-bond acceptors (Lipinski definition) is 4. The van der Waals surface area contributed by atoms with Crippen LogP contribution >= 0.6 is 23.6 Å². The Morgan fingerprint density at radius 2 is 1.96 bits per heavy atom. The van der Waals surface area contributed by atoms with Crippen LogP contribution in [-0.4, -0.2) is 23.5 Å². The molecule has 3 heterocycles. The first-order chi connectivity index (χ1) is 11.6. The van der Waals surface area contributed by atoms with Crippen molar-refractivity contribution in [3.05, 3.63) is 52.0 Å². The summed E-state index contributed by atoms with van der Waals surface area (Å²) in [6.07, 6.45) is 2.64. The SMILES string of the molecule is O=C1NC(=S)N/C1=C\c1ccc(-c2ccc3c(c2)C(=O)NCC3)s1. The van der Waals surface area contributed by atoms with Crippen LogP contribution in [0, 0.1) is 0 Å². The molecule has 2 aromatic rings. The van der Waals surface area contributed by atoms with Crippen LogP contribution in [0.4, 0.5) is 0 Å². The molecule has 1 saturated heterocycles. The van der Waals surface area contributed by atoms with E-state index in [2.05, 4.69) is 16.0 Å². The monoisotopic (exact) mass is 355 g/mol. The fourth-order valence-corrected chi connectivity index (χ4v) is 3.93. The summed E-state index contributed by atoms with van der Waals surface area (Å²) in [5.41, 5.74) is 3.27. The lowest BCUT2D eigenvalue weighted by Crippen LogP contribution is -2.31. The van der Waals surface area contributed by atoms with E-state index in [1.165, 1.54) is 0 Å². The Labute approximate surface area is 147 Å². The molecule has 0 saturated carbocycles. The molecule has 0 bridgehead atoms. The van der Waals surface area contributed by atoms with Crippen LogP contribution in [0.2, 0.25) is 0 Å². The zero-order valence-electron chi connectivity index (χ0n) is 12.5. The van der Waals surface area contributed by atoms with Gasteiger partial charge in [-0.1, -0.05) is 12.1 Å². The number of benzene rings is 1. The van der Waals surface area contributed by atoms with E-state index in [1.807, 2.05) is 30.3 Å². The van der Waals surface area contributed by atoms with Crippen LogP contribution in [0.1, 0.15) is 20.8 Å². The van der Waals surface area contributed by atoms with E-state index in [0.29, 0.717) is 17.4 Å². The first-order valence-electron chi connectivity index (χ1n) is 7.45. The summed E-state index contributed by atoms with van der Waals surface area (Å²) in [4.78, 5) is 25.7. The van der Waals surface area contributed by atoms with Gasteiger partial charge >= 0.3 is 0 Å². The Kier molecular flexibility index (Phi) is 3.66. The molecule has 120 valence electrons. The lowest BCUT2D eigenvalue weighted by molar-refractivity contribution is -0.115. The lowest BCUT2D eigenvalue weighted by atomic mass is 9.97. The van der Waals surface area contributed by atoms with Crippen LogP contribution in [0.15, 0.2) is 36.0 Å². The number of carbonyl (C=O) groups is 2. The molecule has 2 aliphatic heterocycles. The van der Waals surface area contributed by atoms with Crippen LogP contribution in [-0.2, 0) is 11.2 Å². The Balaban J connectivity index is 1.65. The number of thiocarbonyl (C=S) groups is 1. The van der Waals surface area contributed by atoms with Crippen molar-refractivity contribution in [2.45, 2.75) is 6.42 Å². The Hall–Kier alpha value is -2.51. The van der Waals surface area contributed by atoms with Gasteiger partial charge in [0.15, 0.2) is 5.11 Å². The largest absolute Gasteiger partial charge is 0.352 e. The van der Waals surface area contributed by atoms with Crippen molar-refractivity contribution in [3.63, 3.8) is 0 Å². The minimum atomic E-state index is -0.222. The third kappa shape index (κ3) is 2.72. The van der Waals surface area contributed by atoms with Gasteiger partial charge < -0.3 is 10.6 Å². The van der Waals surface area contributed by atoms with E-state index in [9.17, 15) is 9.59 Å². The zero-order chi connectivity index (χ0) is 16.7. The fourth-order valence-electron chi connectivity index (χ4n) is 2.78. The van der Waals surface area contributed by atoms with E-state index in [4.69, 9.17) is 12.2 Å². The summed E-state index contributed by atoms with van der Waals surface area (Å²) >= 11 is 6.48. The van der Waals surface area contributed by atoms with Gasteiger partial charge in [0.2, 0.25) is 0 Å².